The summed E-state index contributed by atoms with van der Waals surface area (Å²) in [6.07, 6.45) is 0.981. The molecule has 2 N–H and O–H groups in total. The Morgan fingerprint density at radius 2 is 1.90 bits per heavy atom. The molecule has 0 aliphatic rings. The molecule has 1 aromatic rings. The molecule has 0 unspecified atom stereocenters. The number of carbonyl (C=O) groups excluding carboxylic acids is 2. The first kappa shape index (κ1) is 17.0. The third kappa shape index (κ3) is 5.45. The van der Waals surface area contributed by atoms with E-state index >= 15 is 0 Å². The van der Waals surface area contributed by atoms with Crippen LogP contribution in [-0.2, 0) is 4.79 Å². The van der Waals surface area contributed by atoms with Crippen LogP contribution in [0, 0.1) is 0 Å². The van der Waals surface area contributed by atoms with Crippen LogP contribution >= 0.6 is 0 Å². The summed E-state index contributed by atoms with van der Waals surface area (Å²) in [5, 5.41) is 6.02. The van der Waals surface area contributed by atoms with E-state index in [0.717, 1.165) is 18.7 Å². The standard InChI is InChI=1S/C16H25N3O2/c1-5-10-17-14-9-7-6-8-13(14)16(21)19(4)11-15(20)18-12(2)3/h6-9,12,17H,5,10-11H2,1-4H3,(H,18,20). The zero-order valence-corrected chi connectivity index (χ0v) is 13.3. The Bertz CT molecular complexity index is 486. The predicted octanol–water partition coefficient (Wildman–Crippen LogP) is 2.11. The van der Waals surface area contributed by atoms with E-state index in [9.17, 15) is 9.59 Å². The number of benzene rings is 1. The van der Waals surface area contributed by atoms with Crippen molar-refractivity contribution < 1.29 is 9.59 Å². The van der Waals surface area contributed by atoms with Crippen molar-refractivity contribution in [2.75, 3.05) is 25.5 Å². The van der Waals surface area contributed by atoms with Crippen LogP contribution in [0.2, 0.25) is 0 Å². The Balaban J connectivity index is 2.76. The summed E-state index contributed by atoms with van der Waals surface area (Å²) in [4.78, 5) is 25.6. The van der Waals surface area contributed by atoms with Crippen molar-refractivity contribution in [3.8, 4) is 0 Å². The molecule has 0 saturated carbocycles. The molecule has 5 heteroatoms. The van der Waals surface area contributed by atoms with Crippen LogP contribution in [0.25, 0.3) is 0 Å². The molecule has 0 aromatic heterocycles. The number of carbonyl (C=O) groups is 2. The van der Waals surface area contributed by atoms with Crippen molar-refractivity contribution in [2.24, 2.45) is 0 Å². The molecule has 0 saturated heterocycles. The van der Waals surface area contributed by atoms with Gasteiger partial charge in [0.2, 0.25) is 5.91 Å². The normalized spacial score (nSPS) is 10.3. The van der Waals surface area contributed by atoms with Gasteiger partial charge in [0.15, 0.2) is 0 Å². The molecule has 1 rings (SSSR count). The molecule has 116 valence electrons. The third-order valence-electron chi connectivity index (χ3n) is 2.90. The molecule has 0 heterocycles. The van der Waals surface area contributed by atoms with Gasteiger partial charge < -0.3 is 15.5 Å². The number of nitrogens with zero attached hydrogens (tertiary/aromatic N) is 1. The molecule has 0 fully saturated rings. The van der Waals surface area contributed by atoms with Gasteiger partial charge in [0.05, 0.1) is 12.1 Å². The number of nitrogens with one attached hydrogen (secondary N) is 2. The average molecular weight is 291 g/mol. The Morgan fingerprint density at radius 1 is 1.24 bits per heavy atom. The molecule has 5 nitrogen and oxygen atoms in total. The summed E-state index contributed by atoms with van der Waals surface area (Å²) in [5.74, 6) is -0.312. The fourth-order valence-corrected chi connectivity index (χ4v) is 1.94. The first-order valence-corrected chi connectivity index (χ1v) is 7.33. The van der Waals surface area contributed by atoms with Crippen LogP contribution in [0.1, 0.15) is 37.6 Å². The summed E-state index contributed by atoms with van der Waals surface area (Å²) in [7, 11) is 1.64. The van der Waals surface area contributed by atoms with Crippen LogP contribution in [-0.4, -0.2) is 42.9 Å². The van der Waals surface area contributed by atoms with E-state index in [1.54, 1.807) is 13.1 Å². The minimum absolute atomic E-state index is 0.0547. The highest BCUT2D eigenvalue weighted by Crippen LogP contribution is 2.16. The van der Waals surface area contributed by atoms with Crippen LogP contribution in [0.4, 0.5) is 5.69 Å². The third-order valence-corrected chi connectivity index (χ3v) is 2.90. The van der Waals surface area contributed by atoms with Gasteiger partial charge in [-0.15, -0.1) is 0 Å². The van der Waals surface area contributed by atoms with Crippen LogP contribution in [0.15, 0.2) is 24.3 Å². The van der Waals surface area contributed by atoms with Gasteiger partial charge in [0.25, 0.3) is 5.91 Å². The second kappa shape index (κ2) is 8.29. The van der Waals surface area contributed by atoms with Crippen LogP contribution in [0.3, 0.4) is 0 Å². The molecule has 0 aliphatic heterocycles. The zero-order chi connectivity index (χ0) is 15.8. The Hall–Kier alpha value is -2.04. The van der Waals surface area contributed by atoms with E-state index < -0.39 is 0 Å². The molecular weight excluding hydrogens is 266 g/mol. The molecule has 0 spiro atoms. The van der Waals surface area contributed by atoms with Crippen LogP contribution < -0.4 is 10.6 Å². The Labute approximate surface area is 126 Å². The van der Waals surface area contributed by atoms with Gasteiger partial charge in [-0.05, 0) is 32.4 Å². The summed E-state index contributed by atoms with van der Waals surface area (Å²) in [6.45, 7) is 6.72. The van der Waals surface area contributed by atoms with E-state index in [1.165, 1.54) is 4.90 Å². The number of anilines is 1. The number of rotatable bonds is 7. The quantitative estimate of drug-likeness (QED) is 0.809. The van der Waals surface area contributed by atoms with Crippen LogP contribution in [0.5, 0.6) is 0 Å². The SMILES string of the molecule is CCCNc1ccccc1C(=O)N(C)CC(=O)NC(C)C. The highest BCUT2D eigenvalue weighted by atomic mass is 16.2. The maximum absolute atomic E-state index is 12.5. The van der Waals surface area contributed by atoms with Gasteiger partial charge in [0.1, 0.15) is 0 Å². The van der Waals surface area contributed by atoms with Crippen molar-refractivity contribution in [2.45, 2.75) is 33.2 Å². The second-order valence-corrected chi connectivity index (χ2v) is 5.36. The van der Waals surface area contributed by atoms with Crippen molar-refractivity contribution in [3.63, 3.8) is 0 Å². The number of hydrogen-bond donors (Lipinski definition) is 2. The molecule has 21 heavy (non-hydrogen) atoms. The van der Waals surface area contributed by atoms with Gasteiger partial charge in [0, 0.05) is 25.3 Å². The number of para-hydroxylation sites is 1. The molecule has 0 bridgehead atoms. The first-order valence-electron chi connectivity index (χ1n) is 7.33. The predicted molar refractivity (Wildman–Crippen MR) is 85.5 cm³/mol. The van der Waals surface area contributed by atoms with E-state index in [2.05, 4.69) is 17.6 Å². The smallest absolute Gasteiger partial charge is 0.256 e. The molecule has 0 radical (unpaired) electrons. The van der Waals surface area contributed by atoms with Gasteiger partial charge in [-0.2, -0.15) is 0 Å². The summed E-state index contributed by atoms with van der Waals surface area (Å²) >= 11 is 0. The van der Waals surface area contributed by atoms with Crippen molar-refractivity contribution in [1.29, 1.82) is 0 Å². The number of likely N-dealkylation sites (N-methyl/N-ethyl adjacent to an activating group) is 1. The van der Waals surface area contributed by atoms with Crippen molar-refractivity contribution >= 4 is 17.5 Å². The summed E-state index contributed by atoms with van der Waals surface area (Å²) in [5.41, 5.74) is 1.39. The monoisotopic (exact) mass is 291 g/mol. The molecular formula is C16H25N3O2. The second-order valence-electron chi connectivity index (χ2n) is 5.36. The lowest BCUT2D eigenvalue weighted by Gasteiger charge is -2.20. The van der Waals surface area contributed by atoms with Gasteiger partial charge >= 0.3 is 0 Å². The Morgan fingerprint density at radius 3 is 2.52 bits per heavy atom. The molecule has 1 aromatic carbocycles. The maximum atomic E-state index is 12.5. The summed E-state index contributed by atoms with van der Waals surface area (Å²) in [6, 6.07) is 7.44. The van der Waals surface area contributed by atoms with Gasteiger partial charge in [-0.1, -0.05) is 19.1 Å². The number of hydrogen-bond acceptors (Lipinski definition) is 3. The molecule has 0 aliphatic carbocycles. The van der Waals surface area contributed by atoms with E-state index in [1.807, 2.05) is 32.0 Å². The largest absolute Gasteiger partial charge is 0.384 e. The van der Waals surface area contributed by atoms with Gasteiger partial charge in [-0.3, -0.25) is 9.59 Å². The fraction of sp³-hybridized carbons (Fsp3) is 0.500. The zero-order valence-electron chi connectivity index (χ0n) is 13.3. The van der Waals surface area contributed by atoms with E-state index in [-0.39, 0.29) is 24.4 Å². The molecule has 2 amide bonds. The number of amides is 2. The molecule has 0 atom stereocenters. The minimum atomic E-state index is -0.159. The highest BCUT2D eigenvalue weighted by molar-refractivity contribution is 6.01. The summed E-state index contributed by atoms with van der Waals surface area (Å²) < 4.78 is 0. The van der Waals surface area contributed by atoms with Gasteiger partial charge in [-0.25, -0.2) is 0 Å². The van der Waals surface area contributed by atoms with Crippen molar-refractivity contribution in [3.05, 3.63) is 29.8 Å². The first-order chi connectivity index (χ1) is 9.95. The minimum Gasteiger partial charge on any atom is -0.384 e. The van der Waals surface area contributed by atoms with Crippen molar-refractivity contribution in [1.82, 2.24) is 10.2 Å². The van der Waals surface area contributed by atoms with E-state index in [4.69, 9.17) is 0 Å². The lowest BCUT2D eigenvalue weighted by molar-refractivity contribution is -0.122. The average Bonchev–Trinajstić information content (AvgIpc) is 2.43. The topological polar surface area (TPSA) is 61.4 Å². The lowest BCUT2D eigenvalue weighted by Crippen LogP contribution is -2.41. The Kier molecular flexibility index (Phi) is 6.72. The lowest BCUT2D eigenvalue weighted by atomic mass is 10.1. The fourth-order valence-electron chi connectivity index (χ4n) is 1.94. The maximum Gasteiger partial charge on any atom is 0.256 e. The highest BCUT2D eigenvalue weighted by Gasteiger charge is 2.17. The van der Waals surface area contributed by atoms with E-state index in [0.29, 0.717) is 5.56 Å².